The maximum atomic E-state index is 12.1. The molecule has 1 aromatic carbocycles. The molecular weight excluding hydrogens is 456 g/mol. The third-order valence-corrected chi connectivity index (χ3v) is 8.45. The van der Waals surface area contributed by atoms with E-state index in [-0.39, 0.29) is 6.04 Å². The maximum Gasteiger partial charge on any atom is 0.313 e. The molecule has 0 unspecified atom stereocenters. The van der Waals surface area contributed by atoms with Gasteiger partial charge in [-0.2, -0.15) is 5.10 Å². The number of carbonyl (C=O) groups is 2. The number of carbonyl (C=O) groups excluding carboxylic acids is 1. The van der Waals surface area contributed by atoms with Gasteiger partial charge < -0.3 is 16.2 Å². The summed E-state index contributed by atoms with van der Waals surface area (Å²) in [5, 5.41) is 23.8. The standard InChI is InChI=1S/C26H35N5O3.CHN/c1-25(2,24(33)34)17-4-6-18(7-5-17)28-23-21(22(27)32)14-31(29-23)20-10-8-19(9-11-20)30-15-26(16-30)12-3-13-26;1-2/h4-7,14,19-20H,3,8-13,15-16H2,1-2H3,(H2,27,32)(H,28,29)(H,33,34);1H. The van der Waals surface area contributed by atoms with Crippen molar-refractivity contribution in [3.63, 3.8) is 0 Å². The predicted molar refractivity (Wildman–Crippen MR) is 137 cm³/mol. The number of hydrogen-bond donors (Lipinski definition) is 3. The minimum Gasteiger partial charge on any atom is -0.481 e. The molecular formula is C27H36N6O3. The molecule has 2 heterocycles. The minimum absolute atomic E-state index is 0.266. The smallest absolute Gasteiger partial charge is 0.313 e. The minimum atomic E-state index is -0.980. The van der Waals surface area contributed by atoms with Crippen molar-refractivity contribution in [2.75, 3.05) is 18.4 Å². The molecule has 9 nitrogen and oxygen atoms in total. The first-order valence-corrected chi connectivity index (χ1v) is 12.7. The van der Waals surface area contributed by atoms with Gasteiger partial charge in [0.25, 0.3) is 5.91 Å². The predicted octanol–water partition coefficient (Wildman–Crippen LogP) is 4.20. The number of rotatable bonds is 7. The molecule has 36 heavy (non-hydrogen) atoms. The van der Waals surface area contributed by atoms with Gasteiger partial charge in [0, 0.05) is 37.6 Å². The number of aliphatic carboxylic acids is 1. The fourth-order valence-corrected chi connectivity index (χ4v) is 5.84. The Morgan fingerprint density at radius 2 is 1.69 bits per heavy atom. The van der Waals surface area contributed by atoms with E-state index >= 15 is 0 Å². The lowest BCUT2D eigenvalue weighted by atomic mass is 9.63. The third-order valence-electron chi connectivity index (χ3n) is 8.45. The van der Waals surface area contributed by atoms with Crippen LogP contribution in [0.15, 0.2) is 30.5 Å². The van der Waals surface area contributed by atoms with Gasteiger partial charge >= 0.3 is 5.97 Å². The number of benzene rings is 1. The molecule has 2 aliphatic carbocycles. The van der Waals surface area contributed by atoms with Crippen molar-refractivity contribution in [1.29, 1.82) is 5.26 Å². The fraction of sp³-hybridized carbons (Fsp3) is 0.556. The summed E-state index contributed by atoms with van der Waals surface area (Å²) in [4.78, 5) is 26.3. The zero-order valence-electron chi connectivity index (χ0n) is 21.1. The van der Waals surface area contributed by atoms with Crippen molar-refractivity contribution in [2.24, 2.45) is 11.1 Å². The fourth-order valence-electron chi connectivity index (χ4n) is 5.84. The molecule has 2 aromatic rings. The van der Waals surface area contributed by atoms with Crippen LogP contribution < -0.4 is 11.1 Å². The number of nitrogens with zero attached hydrogens (tertiary/aromatic N) is 4. The molecule has 1 saturated heterocycles. The van der Waals surface area contributed by atoms with Gasteiger partial charge in [0.15, 0.2) is 5.82 Å². The Hall–Kier alpha value is -3.38. The summed E-state index contributed by atoms with van der Waals surface area (Å²) in [6.45, 7) is 9.41. The molecule has 0 atom stereocenters. The number of anilines is 2. The molecule has 1 aromatic heterocycles. The molecule has 4 N–H and O–H groups in total. The first kappa shape index (κ1) is 25.7. The molecule has 1 aliphatic heterocycles. The van der Waals surface area contributed by atoms with Crippen LogP contribution >= 0.6 is 0 Å². The highest BCUT2D eigenvalue weighted by Gasteiger charge is 2.49. The molecule has 0 bridgehead atoms. The second kappa shape index (κ2) is 9.94. The van der Waals surface area contributed by atoms with Crippen LogP contribution in [0.4, 0.5) is 11.5 Å². The number of likely N-dealkylation sites (tertiary alicyclic amines) is 1. The van der Waals surface area contributed by atoms with Crippen molar-refractivity contribution in [2.45, 2.75) is 76.3 Å². The number of carboxylic acids is 1. The average Bonchev–Trinajstić information content (AvgIpc) is 3.23. The van der Waals surface area contributed by atoms with Crippen LogP contribution in [0.1, 0.15) is 80.8 Å². The highest BCUT2D eigenvalue weighted by molar-refractivity contribution is 5.98. The molecule has 192 valence electrons. The molecule has 2 saturated carbocycles. The summed E-state index contributed by atoms with van der Waals surface area (Å²) in [5.74, 6) is -0.957. The summed E-state index contributed by atoms with van der Waals surface area (Å²) in [7, 11) is 0. The van der Waals surface area contributed by atoms with Crippen LogP contribution in [0.25, 0.3) is 0 Å². The summed E-state index contributed by atoms with van der Waals surface area (Å²) in [6.07, 6.45) is 10.4. The normalized spacial score (nSPS) is 23.0. The van der Waals surface area contributed by atoms with Crippen LogP contribution in [0.5, 0.6) is 0 Å². The summed E-state index contributed by atoms with van der Waals surface area (Å²) in [6, 6.07) is 8.11. The van der Waals surface area contributed by atoms with E-state index < -0.39 is 17.3 Å². The first-order chi connectivity index (χ1) is 17.2. The molecule has 9 heteroatoms. The van der Waals surface area contributed by atoms with E-state index in [0.717, 1.165) is 31.4 Å². The second-order valence-corrected chi connectivity index (χ2v) is 11.1. The van der Waals surface area contributed by atoms with E-state index in [2.05, 4.69) is 16.8 Å². The van der Waals surface area contributed by atoms with Gasteiger partial charge in [-0.25, -0.2) is 5.26 Å². The van der Waals surface area contributed by atoms with Crippen molar-refractivity contribution < 1.29 is 14.7 Å². The number of nitrogens with one attached hydrogen (secondary N) is 1. The van der Waals surface area contributed by atoms with Crippen molar-refractivity contribution in [1.82, 2.24) is 14.7 Å². The zero-order valence-corrected chi connectivity index (χ0v) is 21.1. The number of hydrogen-bond acceptors (Lipinski definition) is 6. The Morgan fingerprint density at radius 3 is 2.19 bits per heavy atom. The molecule has 5 rings (SSSR count). The van der Waals surface area contributed by atoms with Gasteiger partial charge in [0.05, 0.1) is 11.5 Å². The Kier molecular flexibility index (Phi) is 7.10. The van der Waals surface area contributed by atoms with Gasteiger partial charge in [-0.15, -0.1) is 0 Å². The second-order valence-electron chi connectivity index (χ2n) is 11.1. The first-order valence-electron chi connectivity index (χ1n) is 12.7. The van der Waals surface area contributed by atoms with E-state index in [1.807, 2.05) is 4.68 Å². The highest BCUT2D eigenvalue weighted by atomic mass is 16.4. The highest BCUT2D eigenvalue weighted by Crippen LogP contribution is 2.50. The third kappa shape index (κ3) is 4.82. The van der Waals surface area contributed by atoms with Crippen molar-refractivity contribution in [3.05, 3.63) is 41.6 Å². The topological polar surface area (TPSA) is 137 Å². The van der Waals surface area contributed by atoms with Gasteiger partial charge in [-0.05, 0) is 75.5 Å². The van der Waals surface area contributed by atoms with Crippen LogP contribution in [0.2, 0.25) is 0 Å². The van der Waals surface area contributed by atoms with Crippen LogP contribution in [0, 0.1) is 17.2 Å². The van der Waals surface area contributed by atoms with Crippen LogP contribution in [-0.4, -0.2) is 50.8 Å². The molecule has 3 fully saturated rings. The SMILES string of the molecule is C#N.CC(C)(C(=O)O)c1ccc(Nc2nn(C3CCC(N4CC5(CCC5)C4)CC3)cc2C(N)=O)cc1. The van der Waals surface area contributed by atoms with Crippen molar-refractivity contribution in [3.8, 4) is 6.57 Å². The molecule has 1 amide bonds. The molecule has 3 aliphatic rings. The van der Waals surface area contributed by atoms with Crippen molar-refractivity contribution >= 4 is 23.4 Å². The summed E-state index contributed by atoms with van der Waals surface area (Å²) >= 11 is 0. The Morgan fingerprint density at radius 1 is 1.11 bits per heavy atom. The largest absolute Gasteiger partial charge is 0.481 e. The number of primary amides is 1. The van der Waals surface area contributed by atoms with Crippen LogP contribution in [0.3, 0.4) is 0 Å². The number of nitriles is 1. The Labute approximate surface area is 212 Å². The van der Waals surface area contributed by atoms with Gasteiger partial charge in [-0.3, -0.25) is 19.2 Å². The van der Waals surface area contributed by atoms with E-state index in [9.17, 15) is 14.7 Å². The number of nitrogens with two attached hydrogens (primary N) is 1. The molecule has 0 radical (unpaired) electrons. The van der Waals surface area contributed by atoms with E-state index in [1.165, 1.54) is 32.4 Å². The van der Waals surface area contributed by atoms with Gasteiger partial charge in [-0.1, -0.05) is 18.6 Å². The Balaban J connectivity index is 0.00000148. The van der Waals surface area contributed by atoms with Gasteiger partial charge in [0.1, 0.15) is 5.56 Å². The lowest BCUT2D eigenvalue weighted by Gasteiger charge is -2.59. The van der Waals surface area contributed by atoms with E-state index in [0.29, 0.717) is 28.4 Å². The quantitative estimate of drug-likeness (QED) is 0.527. The van der Waals surface area contributed by atoms with Gasteiger partial charge in [0.2, 0.25) is 0 Å². The summed E-state index contributed by atoms with van der Waals surface area (Å²) in [5.41, 5.74) is 7.13. The number of amides is 1. The lowest BCUT2D eigenvalue weighted by Crippen LogP contribution is -2.62. The average molecular weight is 493 g/mol. The molecule has 1 spiro atoms. The van der Waals surface area contributed by atoms with E-state index in [4.69, 9.17) is 16.1 Å². The van der Waals surface area contributed by atoms with E-state index in [1.54, 1.807) is 44.3 Å². The van der Waals surface area contributed by atoms with Crippen LogP contribution in [-0.2, 0) is 10.2 Å². The number of carboxylic acid groups (broad SMARTS) is 1. The Bertz CT molecular complexity index is 1120. The zero-order chi connectivity index (χ0) is 26.1. The maximum absolute atomic E-state index is 12.1. The lowest BCUT2D eigenvalue weighted by molar-refractivity contribution is -0.142. The monoisotopic (exact) mass is 492 g/mol. The number of aromatic nitrogens is 2. The summed E-state index contributed by atoms with van der Waals surface area (Å²) < 4.78 is 1.91.